The van der Waals surface area contributed by atoms with E-state index >= 15 is 0 Å². The van der Waals surface area contributed by atoms with Gasteiger partial charge in [-0.1, -0.05) is 43.6 Å². The third-order valence-corrected chi connectivity index (χ3v) is 5.56. The summed E-state index contributed by atoms with van der Waals surface area (Å²) in [5.74, 6) is 0.821. The van der Waals surface area contributed by atoms with Crippen LogP contribution >= 0.6 is 35.6 Å². The fraction of sp³-hybridized carbons (Fsp3) is 0.611. The quantitative estimate of drug-likeness (QED) is 0.211. The molecule has 1 aromatic rings. The number of hydrogen-bond donors (Lipinski definition) is 2. The summed E-state index contributed by atoms with van der Waals surface area (Å²) in [6, 6.07) is 8.01. The molecule has 0 spiro atoms. The van der Waals surface area contributed by atoms with Crippen LogP contribution in [0.2, 0.25) is 5.02 Å². The number of nitrogens with zero attached hydrogens (tertiary/aromatic N) is 2. The molecule has 0 amide bonds. The highest BCUT2D eigenvalue weighted by molar-refractivity contribution is 14.0. The minimum atomic E-state index is -2.93. The van der Waals surface area contributed by atoms with Gasteiger partial charge in [-0.25, -0.2) is 8.42 Å². The predicted molar refractivity (Wildman–Crippen MR) is 126 cm³/mol. The molecule has 1 atom stereocenters. The van der Waals surface area contributed by atoms with Crippen LogP contribution in [0.3, 0.4) is 0 Å². The standard InChI is InChI=1S/C18H31ClN4O2S.HI/c1-5-23(6-2)17(15-10-7-8-11-16(15)19)14-22-18(20-3)21-12-9-13-26(4,24)25;/h7-8,10-11,17H,5-6,9,12-14H2,1-4H3,(H2,20,21,22);1H. The van der Waals surface area contributed by atoms with Gasteiger partial charge in [0.2, 0.25) is 0 Å². The van der Waals surface area contributed by atoms with Gasteiger partial charge in [0, 0.05) is 31.4 Å². The van der Waals surface area contributed by atoms with Gasteiger partial charge in [-0.3, -0.25) is 9.89 Å². The lowest BCUT2D eigenvalue weighted by Crippen LogP contribution is -2.43. The molecule has 156 valence electrons. The molecule has 0 aliphatic carbocycles. The molecule has 0 fully saturated rings. The maximum atomic E-state index is 11.2. The third kappa shape index (κ3) is 9.96. The summed E-state index contributed by atoms with van der Waals surface area (Å²) < 4.78 is 22.4. The van der Waals surface area contributed by atoms with Crippen molar-refractivity contribution in [3.63, 3.8) is 0 Å². The van der Waals surface area contributed by atoms with Crippen LogP contribution in [0.25, 0.3) is 0 Å². The summed E-state index contributed by atoms with van der Waals surface area (Å²) >= 11 is 6.41. The molecule has 0 saturated heterocycles. The molecule has 1 aromatic carbocycles. The van der Waals surface area contributed by atoms with Crippen LogP contribution in [0, 0.1) is 0 Å². The van der Waals surface area contributed by atoms with E-state index in [4.69, 9.17) is 11.6 Å². The molecule has 2 N–H and O–H groups in total. The van der Waals surface area contributed by atoms with E-state index < -0.39 is 9.84 Å². The van der Waals surface area contributed by atoms with E-state index in [1.807, 2.05) is 18.2 Å². The Bertz CT molecular complexity index is 682. The van der Waals surface area contributed by atoms with Crippen molar-refractivity contribution < 1.29 is 8.42 Å². The second-order valence-corrected chi connectivity index (χ2v) is 8.79. The molecule has 1 unspecified atom stereocenters. The zero-order valence-electron chi connectivity index (χ0n) is 16.5. The van der Waals surface area contributed by atoms with E-state index in [-0.39, 0.29) is 35.8 Å². The lowest BCUT2D eigenvalue weighted by Gasteiger charge is -2.31. The largest absolute Gasteiger partial charge is 0.356 e. The van der Waals surface area contributed by atoms with Gasteiger partial charge >= 0.3 is 0 Å². The molecule has 9 heteroatoms. The molecule has 0 radical (unpaired) electrons. The topological polar surface area (TPSA) is 73.8 Å². The Labute approximate surface area is 186 Å². The van der Waals surface area contributed by atoms with Crippen LogP contribution in [-0.4, -0.2) is 64.5 Å². The molecule has 27 heavy (non-hydrogen) atoms. The van der Waals surface area contributed by atoms with E-state index in [1.54, 1.807) is 7.05 Å². The minimum absolute atomic E-state index is 0. The summed E-state index contributed by atoms with van der Waals surface area (Å²) in [6.45, 7) is 7.28. The maximum Gasteiger partial charge on any atom is 0.191 e. The molecule has 6 nitrogen and oxygen atoms in total. The van der Waals surface area contributed by atoms with Crippen LogP contribution in [0.4, 0.5) is 0 Å². The highest BCUT2D eigenvalue weighted by atomic mass is 127. The Morgan fingerprint density at radius 3 is 2.37 bits per heavy atom. The van der Waals surface area contributed by atoms with Crippen molar-refractivity contribution in [2.24, 2.45) is 4.99 Å². The van der Waals surface area contributed by atoms with Crippen LogP contribution in [0.5, 0.6) is 0 Å². The monoisotopic (exact) mass is 530 g/mol. The Morgan fingerprint density at radius 1 is 1.22 bits per heavy atom. The van der Waals surface area contributed by atoms with E-state index in [0.29, 0.717) is 25.5 Å². The van der Waals surface area contributed by atoms with Gasteiger partial charge in [-0.15, -0.1) is 24.0 Å². The summed E-state index contributed by atoms with van der Waals surface area (Å²) in [4.78, 5) is 6.55. The molecule has 0 aromatic heterocycles. The highest BCUT2D eigenvalue weighted by Gasteiger charge is 2.20. The Balaban J connectivity index is 0.00000676. The molecule has 1 rings (SSSR count). The van der Waals surface area contributed by atoms with Crippen molar-refractivity contribution >= 4 is 51.4 Å². The van der Waals surface area contributed by atoms with Crippen molar-refractivity contribution in [2.75, 3.05) is 45.2 Å². The molecule has 0 saturated carbocycles. The van der Waals surface area contributed by atoms with E-state index in [9.17, 15) is 8.42 Å². The number of benzene rings is 1. The summed E-state index contributed by atoms with van der Waals surface area (Å²) in [7, 11) is -1.23. The van der Waals surface area contributed by atoms with Crippen LogP contribution in [-0.2, 0) is 9.84 Å². The fourth-order valence-electron chi connectivity index (χ4n) is 2.80. The number of nitrogens with one attached hydrogen (secondary N) is 2. The number of halogens is 2. The first-order valence-electron chi connectivity index (χ1n) is 8.93. The minimum Gasteiger partial charge on any atom is -0.356 e. The predicted octanol–water partition coefficient (Wildman–Crippen LogP) is 2.94. The second kappa shape index (κ2) is 13.6. The average Bonchev–Trinajstić information content (AvgIpc) is 2.60. The zero-order chi connectivity index (χ0) is 19.6. The van der Waals surface area contributed by atoms with Crippen molar-refractivity contribution in [3.8, 4) is 0 Å². The molecular weight excluding hydrogens is 499 g/mol. The third-order valence-electron chi connectivity index (χ3n) is 4.19. The average molecular weight is 531 g/mol. The van der Waals surface area contributed by atoms with Crippen molar-refractivity contribution in [3.05, 3.63) is 34.9 Å². The maximum absolute atomic E-state index is 11.2. The number of guanidine groups is 1. The fourth-order valence-corrected chi connectivity index (χ4v) is 3.73. The highest BCUT2D eigenvalue weighted by Crippen LogP contribution is 2.26. The Hall–Kier alpha value is -0.580. The van der Waals surface area contributed by atoms with Gasteiger partial charge in [0.1, 0.15) is 9.84 Å². The van der Waals surface area contributed by atoms with E-state index in [1.165, 1.54) is 6.26 Å². The number of rotatable bonds is 10. The summed E-state index contributed by atoms with van der Waals surface area (Å²) in [5.41, 5.74) is 1.08. The number of sulfone groups is 1. The van der Waals surface area contributed by atoms with Gasteiger partial charge in [0.15, 0.2) is 5.96 Å². The number of aliphatic imine (C=N–C) groups is 1. The first-order valence-corrected chi connectivity index (χ1v) is 11.4. The first kappa shape index (κ1) is 26.4. The number of hydrogen-bond acceptors (Lipinski definition) is 4. The SMILES string of the molecule is CCN(CC)C(CNC(=NC)NCCCS(C)(=O)=O)c1ccccc1Cl.I. The lowest BCUT2D eigenvalue weighted by molar-refractivity contribution is 0.219. The Morgan fingerprint density at radius 2 is 1.85 bits per heavy atom. The summed E-state index contributed by atoms with van der Waals surface area (Å²) in [5, 5.41) is 7.24. The first-order chi connectivity index (χ1) is 12.3. The lowest BCUT2D eigenvalue weighted by atomic mass is 10.0. The molecule has 0 bridgehead atoms. The van der Waals surface area contributed by atoms with E-state index in [2.05, 4.69) is 40.4 Å². The number of likely N-dealkylation sites (N-methyl/N-ethyl adjacent to an activating group) is 1. The normalized spacial score (nSPS) is 13.2. The second-order valence-electron chi connectivity index (χ2n) is 6.12. The van der Waals surface area contributed by atoms with E-state index in [0.717, 1.165) is 23.7 Å². The summed E-state index contributed by atoms with van der Waals surface area (Å²) in [6.07, 6.45) is 1.79. The van der Waals surface area contributed by atoms with Gasteiger partial charge in [0.05, 0.1) is 11.8 Å². The van der Waals surface area contributed by atoms with Crippen LogP contribution in [0.1, 0.15) is 31.9 Å². The van der Waals surface area contributed by atoms with Crippen LogP contribution in [0.15, 0.2) is 29.3 Å². The van der Waals surface area contributed by atoms with Crippen molar-refractivity contribution in [2.45, 2.75) is 26.3 Å². The van der Waals surface area contributed by atoms with Gasteiger partial charge in [-0.2, -0.15) is 0 Å². The Kier molecular flexibility index (Phi) is 13.3. The molecule has 0 aliphatic heterocycles. The van der Waals surface area contributed by atoms with Gasteiger partial charge in [-0.05, 0) is 31.1 Å². The smallest absolute Gasteiger partial charge is 0.191 e. The van der Waals surface area contributed by atoms with Gasteiger partial charge < -0.3 is 10.6 Å². The molecule has 0 heterocycles. The van der Waals surface area contributed by atoms with Gasteiger partial charge in [0.25, 0.3) is 0 Å². The molecular formula is C18H32ClIN4O2S. The van der Waals surface area contributed by atoms with Crippen LogP contribution < -0.4 is 10.6 Å². The zero-order valence-corrected chi connectivity index (χ0v) is 20.4. The van der Waals surface area contributed by atoms with Crippen molar-refractivity contribution in [1.82, 2.24) is 15.5 Å². The molecule has 0 aliphatic rings. The van der Waals surface area contributed by atoms with Crippen molar-refractivity contribution in [1.29, 1.82) is 0 Å².